The van der Waals surface area contributed by atoms with Gasteiger partial charge in [0, 0.05) is 22.5 Å². The Hall–Kier alpha value is -0.870. The van der Waals surface area contributed by atoms with E-state index in [-0.39, 0.29) is 6.10 Å². The van der Waals surface area contributed by atoms with Gasteiger partial charge in [0.1, 0.15) is 6.10 Å². The first-order valence-corrected chi connectivity index (χ1v) is 7.28. The number of oxime groups is 1. The van der Waals surface area contributed by atoms with Crippen molar-refractivity contribution in [3.63, 3.8) is 0 Å². The zero-order valence-corrected chi connectivity index (χ0v) is 11.8. The van der Waals surface area contributed by atoms with E-state index in [0.29, 0.717) is 5.92 Å². The van der Waals surface area contributed by atoms with E-state index in [4.69, 9.17) is 4.84 Å². The molecule has 3 nitrogen and oxygen atoms in total. The van der Waals surface area contributed by atoms with Crippen LogP contribution < -0.4 is 0 Å². The third-order valence-electron chi connectivity index (χ3n) is 3.89. The normalized spacial score (nSPS) is 30.8. The molecule has 18 heavy (non-hydrogen) atoms. The summed E-state index contributed by atoms with van der Waals surface area (Å²) in [6.07, 6.45) is 4.60. The molecule has 3 heterocycles. The predicted octanol–water partition coefficient (Wildman–Crippen LogP) is 2.89. The quantitative estimate of drug-likeness (QED) is 0.633. The molecule has 3 fully saturated rings. The number of fused-ring (bicyclic) bond motifs is 3. The zero-order valence-electron chi connectivity index (χ0n) is 10.3. The van der Waals surface area contributed by atoms with Crippen LogP contribution in [0.1, 0.15) is 18.4 Å². The van der Waals surface area contributed by atoms with Gasteiger partial charge >= 0.3 is 0 Å². The van der Waals surface area contributed by atoms with Crippen molar-refractivity contribution in [2.75, 3.05) is 19.6 Å². The van der Waals surface area contributed by atoms with Gasteiger partial charge in [-0.1, -0.05) is 39.3 Å². The number of nitrogens with zero attached hydrogens (tertiary/aromatic N) is 2. The first-order chi connectivity index (χ1) is 8.83. The minimum absolute atomic E-state index is 0.284. The molecule has 3 aliphatic rings. The van der Waals surface area contributed by atoms with Crippen LogP contribution in [-0.2, 0) is 4.84 Å². The summed E-state index contributed by atoms with van der Waals surface area (Å²) in [4.78, 5) is 8.15. The molecule has 0 spiro atoms. The number of piperidine rings is 3. The van der Waals surface area contributed by atoms with Crippen LogP contribution in [0.4, 0.5) is 0 Å². The molecule has 2 bridgehead atoms. The predicted molar refractivity (Wildman–Crippen MR) is 75.8 cm³/mol. The van der Waals surface area contributed by atoms with E-state index in [1.165, 1.54) is 25.9 Å². The van der Waals surface area contributed by atoms with E-state index in [1.54, 1.807) is 6.21 Å². The van der Waals surface area contributed by atoms with E-state index in [1.807, 2.05) is 24.3 Å². The van der Waals surface area contributed by atoms with Gasteiger partial charge in [0.15, 0.2) is 0 Å². The second kappa shape index (κ2) is 5.41. The first kappa shape index (κ1) is 12.2. The SMILES string of the molecule is Brc1ccccc1/C=N/OC1CN2CCC1CC2. The molecule has 0 aliphatic carbocycles. The average molecular weight is 309 g/mol. The van der Waals surface area contributed by atoms with Gasteiger partial charge in [0.2, 0.25) is 0 Å². The molecular weight excluding hydrogens is 292 g/mol. The third-order valence-corrected chi connectivity index (χ3v) is 4.61. The number of hydrogen-bond donors (Lipinski definition) is 0. The molecule has 4 heteroatoms. The Balaban J connectivity index is 1.60. The molecule has 0 radical (unpaired) electrons. The molecular formula is C14H17BrN2O. The molecule has 1 unspecified atom stereocenters. The minimum Gasteiger partial charge on any atom is -0.391 e. The van der Waals surface area contributed by atoms with Crippen LogP contribution in [0.2, 0.25) is 0 Å². The summed E-state index contributed by atoms with van der Waals surface area (Å²) in [5.41, 5.74) is 1.05. The lowest BCUT2D eigenvalue weighted by Crippen LogP contribution is -2.50. The smallest absolute Gasteiger partial charge is 0.143 e. The third kappa shape index (κ3) is 2.59. The molecule has 1 atom stereocenters. The van der Waals surface area contributed by atoms with Gasteiger partial charge in [-0.25, -0.2) is 0 Å². The lowest BCUT2D eigenvalue weighted by molar-refractivity contribution is -0.0675. The Labute approximate surface area is 116 Å². The Kier molecular flexibility index (Phi) is 3.66. The number of rotatable bonds is 3. The Morgan fingerprint density at radius 2 is 2.06 bits per heavy atom. The van der Waals surface area contributed by atoms with Gasteiger partial charge in [-0.05, 0) is 32.0 Å². The highest BCUT2D eigenvalue weighted by atomic mass is 79.9. The van der Waals surface area contributed by atoms with Crippen LogP contribution in [0, 0.1) is 5.92 Å². The molecule has 1 aromatic rings. The molecule has 96 valence electrons. The molecule has 0 N–H and O–H groups in total. The summed E-state index contributed by atoms with van der Waals surface area (Å²) in [5.74, 6) is 0.700. The van der Waals surface area contributed by atoms with Crippen molar-refractivity contribution in [1.29, 1.82) is 0 Å². The van der Waals surface area contributed by atoms with Crippen LogP contribution in [0.3, 0.4) is 0 Å². The van der Waals surface area contributed by atoms with Crippen molar-refractivity contribution in [3.05, 3.63) is 34.3 Å². The van der Waals surface area contributed by atoms with Gasteiger partial charge in [0.05, 0.1) is 6.21 Å². The highest BCUT2D eigenvalue weighted by molar-refractivity contribution is 9.10. The average Bonchev–Trinajstić information content (AvgIpc) is 2.42. The van der Waals surface area contributed by atoms with Gasteiger partial charge in [-0.15, -0.1) is 0 Å². The van der Waals surface area contributed by atoms with Gasteiger partial charge < -0.3 is 4.84 Å². The maximum absolute atomic E-state index is 5.68. The fourth-order valence-electron chi connectivity index (χ4n) is 2.78. The molecule has 4 rings (SSSR count). The highest BCUT2D eigenvalue weighted by Gasteiger charge is 2.35. The van der Waals surface area contributed by atoms with Crippen molar-refractivity contribution in [3.8, 4) is 0 Å². The van der Waals surface area contributed by atoms with Crippen LogP contribution in [-0.4, -0.2) is 36.9 Å². The van der Waals surface area contributed by atoms with Crippen LogP contribution >= 0.6 is 15.9 Å². The summed E-state index contributed by atoms with van der Waals surface area (Å²) >= 11 is 3.50. The Morgan fingerprint density at radius 1 is 1.28 bits per heavy atom. The van der Waals surface area contributed by atoms with E-state index in [2.05, 4.69) is 26.0 Å². The van der Waals surface area contributed by atoms with Gasteiger partial charge in [-0.2, -0.15) is 0 Å². The van der Waals surface area contributed by atoms with Gasteiger partial charge in [0.25, 0.3) is 0 Å². The second-order valence-corrected chi connectivity index (χ2v) is 5.89. The lowest BCUT2D eigenvalue weighted by Gasteiger charge is -2.42. The molecule has 3 aliphatic heterocycles. The largest absolute Gasteiger partial charge is 0.391 e. The van der Waals surface area contributed by atoms with Crippen molar-refractivity contribution >= 4 is 22.1 Å². The van der Waals surface area contributed by atoms with Crippen molar-refractivity contribution < 1.29 is 4.84 Å². The monoisotopic (exact) mass is 308 g/mol. The maximum atomic E-state index is 5.68. The molecule has 0 aromatic heterocycles. The van der Waals surface area contributed by atoms with E-state index < -0.39 is 0 Å². The topological polar surface area (TPSA) is 24.8 Å². The number of hydrogen-bond acceptors (Lipinski definition) is 3. The van der Waals surface area contributed by atoms with E-state index in [9.17, 15) is 0 Å². The van der Waals surface area contributed by atoms with Gasteiger partial charge in [-0.3, -0.25) is 4.90 Å². The van der Waals surface area contributed by atoms with Crippen molar-refractivity contribution in [1.82, 2.24) is 4.90 Å². The molecule has 1 aromatic carbocycles. The second-order valence-electron chi connectivity index (χ2n) is 5.04. The van der Waals surface area contributed by atoms with Crippen LogP contribution in [0.25, 0.3) is 0 Å². The Morgan fingerprint density at radius 3 is 2.72 bits per heavy atom. The zero-order chi connectivity index (χ0) is 12.4. The summed E-state index contributed by atoms with van der Waals surface area (Å²) in [6, 6.07) is 8.03. The van der Waals surface area contributed by atoms with Crippen molar-refractivity contribution in [2.45, 2.75) is 18.9 Å². The lowest BCUT2D eigenvalue weighted by atomic mass is 9.86. The molecule has 0 amide bonds. The fraction of sp³-hybridized carbons (Fsp3) is 0.500. The Bertz CT molecular complexity index is 441. The number of benzene rings is 1. The summed E-state index contributed by atoms with van der Waals surface area (Å²) in [7, 11) is 0. The van der Waals surface area contributed by atoms with Crippen LogP contribution in [0.15, 0.2) is 33.9 Å². The standard InChI is InChI=1S/C14H17BrN2O/c15-13-4-2-1-3-12(13)9-16-18-14-10-17-7-5-11(14)6-8-17/h1-4,9,11,14H,5-8,10H2/b16-9+. The fourth-order valence-corrected chi connectivity index (χ4v) is 3.16. The van der Waals surface area contributed by atoms with E-state index in [0.717, 1.165) is 16.6 Å². The summed E-state index contributed by atoms with van der Waals surface area (Å²) < 4.78 is 1.05. The number of halogens is 1. The minimum atomic E-state index is 0.284. The summed E-state index contributed by atoms with van der Waals surface area (Å²) in [5, 5.41) is 4.16. The summed E-state index contributed by atoms with van der Waals surface area (Å²) in [6.45, 7) is 3.51. The van der Waals surface area contributed by atoms with E-state index >= 15 is 0 Å². The van der Waals surface area contributed by atoms with Crippen molar-refractivity contribution in [2.24, 2.45) is 11.1 Å². The van der Waals surface area contributed by atoms with Crippen LogP contribution in [0.5, 0.6) is 0 Å². The molecule has 0 saturated carbocycles. The first-order valence-electron chi connectivity index (χ1n) is 6.49. The molecule has 3 saturated heterocycles. The highest BCUT2D eigenvalue weighted by Crippen LogP contribution is 2.29. The maximum Gasteiger partial charge on any atom is 0.143 e.